The highest BCUT2D eigenvalue weighted by molar-refractivity contribution is 6.35. The van der Waals surface area contributed by atoms with E-state index in [1.807, 2.05) is 54.6 Å². The zero-order valence-corrected chi connectivity index (χ0v) is 15.1. The molecule has 1 aliphatic rings. The molecule has 1 fully saturated rings. The van der Waals surface area contributed by atoms with Gasteiger partial charge in [0.25, 0.3) is 0 Å². The Labute approximate surface area is 158 Å². The van der Waals surface area contributed by atoms with Gasteiger partial charge in [0.1, 0.15) is 12.4 Å². The van der Waals surface area contributed by atoms with Crippen LogP contribution in [0.25, 0.3) is 0 Å². The van der Waals surface area contributed by atoms with Gasteiger partial charge in [-0.15, -0.1) is 0 Å². The molecular weight excluding hydrogens is 342 g/mol. The molecule has 140 valence electrons. The maximum Gasteiger partial charge on any atom is 0.329 e. The van der Waals surface area contributed by atoms with Gasteiger partial charge in [-0.1, -0.05) is 55.3 Å². The van der Waals surface area contributed by atoms with Crippen molar-refractivity contribution in [2.75, 3.05) is 0 Å². The first-order valence-corrected chi connectivity index (χ1v) is 9.12. The van der Waals surface area contributed by atoms with E-state index in [1.54, 1.807) is 0 Å². The quantitative estimate of drug-likeness (QED) is 0.469. The molecule has 2 N–H and O–H groups in total. The number of nitrogens with zero attached hydrogens (tertiary/aromatic N) is 1. The number of amides is 2. The molecule has 6 nitrogen and oxygen atoms in total. The van der Waals surface area contributed by atoms with Gasteiger partial charge in [0.15, 0.2) is 0 Å². The molecule has 0 unspecified atom stereocenters. The van der Waals surface area contributed by atoms with Gasteiger partial charge in [-0.25, -0.2) is 5.43 Å². The second-order valence-electron chi connectivity index (χ2n) is 6.47. The van der Waals surface area contributed by atoms with Crippen LogP contribution in [0, 0.1) is 0 Å². The predicted molar refractivity (Wildman–Crippen MR) is 103 cm³/mol. The number of hydrazone groups is 1. The number of ether oxygens (including phenoxy) is 1. The summed E-state index contributed by atoms with van der Waals surface area (Å²) in [5.41, 5.74) is 4.04. The van der Waals surface area contributed by atoms with Crippen molar-refractivity contribution in [3.63, 3.8) is 0 Å². The van der Waals surface area contributed by atoms with E-state index in [0.717, 1.165) is 31.2 Å². The van der Waals surface area contributed by atoms with Crippen LogP contribution >= 0.6 is 0 Å². The van der Waals surface area contributed by atoms with E-state index in [0.29, 0.717) is 17.9 Å². The fourth-order valence-electron chi connectivity index (χ4n) is 2.99. The molecule has 2 aromatic rings. The average Bonchev–Trinajstić information content (AvgIpc) is 3.21. The third-order valence-corrected chi connectivity index (χ3v) is 4.42. The van der Waals surface area contributed by atoms with Gasteiger partial charge in [0.05, 0.1) is 6.21 Å². The minimum Gasteiger partial charge on any atom is -0.488 e. The first kappa shape index (κ1) is 18.6. The fourth-order valence-corrected chi connectivity index (χ4v) is 2.99. The minimum absolute atomic E-state index is 0.0966. The number of carbonyl (C=O) groups excluding carboxylic acids is 2. The first-order valence-electron chi connectivity index (χ1n) is 9.12. The Morgan fingerprint density at radius 3 is 2.48 bits per heavy atom. The van der Waals surface area contributed by atoms with Gasteiger partial charge >= 0.3 is 11.8 Å². The molecule has 2 aromatic carbocycles. The molecule has 27 heavy (non-hydrogen) atoms. The van der Waals surface area contributed by atoms with E-state index in [2.05, 4.69) is 15.8 Å². The number of rotatable bonds is 6. The Kier molecular flexibility index (Phi) is 6.57. The van der Waals surface area contributed by atoms with Gasteiger partial charge in [-0.2, -0.15) is 5.10 Å². The van der Waals surface area contributed by atoms with Gasteiger partial charge in [0.2, 0.25) is 0 Å². The number of nitrogens with one attached hydrogen (secondary N) is 2. The van der Waals surface area contributed by atoms with Gasteiger partial charge in [-0.3, -0.25) is 9.59 Å². The van der Waals surface area contributed by atoms with Gasteiger partial charge in [0, 0.05) is 11.6 Å². The molecule has 0 spiro atoms. The molecule has 0 heterocycles. The van der Waals surface area contributed by atoms with Crippen molar-refractivity contribution in [1.82, 2.24) is 10.7 Å². The highest BCUT2D eigenvalue weighted by Gasteiger charge is 2.21. The number of hydrogen-bond acceptors (Lipinski definition) is 4. The Morgan fingerprint density at radius 1 is 1.00 bits per heavy atom. The zero-order chi connectivity index (χ0) is 18.9. The van der Waals surface area contributed by atoms with E-state index >= 15 is 0 Å². The van der Waals surface area contributed by atoms with E-state index in [9.17, 15) is 9.59 Å². The zero-order valence-electron chi connectivity index (χ0n) is 15.1. The standard InChI is InChI=1S/C21H23N3O3/c25-20(23-18-11-5-6-12-18)21(26)24-22-14-17-10-4-7-13-19(17)27-15-16-8-2-1-3-9-16/h1-4,7-10,13-14,18H,5-6,11-12,15H2,(H,23,25)(H,24,26)/b22-14-. The predicted octanol–water partition coefficient (Wildman–Crippen LogP) is 2.77. The van der Waals surface area contributed by atoms with Crippen molar-refractivity contribution in [3.8, 4) is 5.75 Å². The van der Waals surface area contributed by atoms with Gasteiger partial charge in [-0.05, 0) is 30.5 Å². The van der Waals surface area contributed by atoms with Crippen LogP contribution in [0.1, 0.15) is 36.8 Å². The summed E-state index contributed by atoms with van der Waals surface area (Å²) in [6, 6.07) is 17.3. The Hall–Kier alpha value is -3.15. The van der Waals surface area contributed by atoms with Gasteiger partial charge < -0.3 is 10.1 Å². The lowest BCUT2D eigenvalue weighted by Crippen LogP contribution is -2.42. The molecule has 0 radical (unpaired) electrons. The molecule has 1 saturated carbocycles. The summed E-state index contributed by atoms with van der Waals surface area (Å²) >= 11 is 0. The van der Waals surface area contributed by atoms with Crippen LogP contribution in [0.3, 0.4) is 0 Å². The average molecular weight is 365 g/mol. The first-order chi connectivity index (χ1) is 13.2. The van der Waals surface area contributed by atoms with Crippen LogP contribution < -0.4 is 15.5 Å². The molecule has 0 aliphatic heterocycles. The summed E-state index contributed by atoms with van der Waals surface area (Å²) in [6.45, 7) is 0.432. The van der Waals surface area contributed by atoms with Crippen molar-refractivity contribution in [2.45, 2.75) is 38.3 Å². The second-order valence-corrected chi connectivity index (χ2v) is 6.47. The van der Waals surface area contributed by atoms with Crippen molar-refractivity contribution in [1.29, 1.82) is 0 Å². The molecule has 0 aromatic heterocycles. The topological polar surface area (TPSA) is 79.8 Å². The van der Waals surface area contributed by atoms with Crippen molar-refractivity contribution in [2.24, 2.45) is 5.10 Å². The van der Waals surface area contributed by atoms with Crippen LogP contribution in [0.15, 0.2) is 59.7 Å². The largest absolute Gasteiger partial charge is 0.488 e. The molecule has 0 saturated heterocycles. The van der Waals surface area contributed by atoms with Crippen LogP contribution in [0.5, 0.6) is 5.75 Å². The Morgan fingerprint density at radius 2 is 1.70 bits per heavy atom. The van der Waals surface area contributed by atoms with Crippen LogP contribution in [0.2, 0.25) is 0 Å². The van der Waals surface area contributed by atoms with E-state index in [1.165, 1.54) is 6.21 Å². The highest BCUT2D eigenvalue weighted by atomic mass is 16.5. The summed E-state index contributed by atoms with van der Waals surface area (Å²) < 4.78 is 5.83. The number of hydrogen-bond donors (Lipinski definition) is 2. The molecule has 6 heteroatoms. The lowest BCUT2D eigenvalue weighted by Gasteiger charge is -2.10. The normalized spacial score (nSPS) is 14.2. The van der Waals surface area contributed by atoms with E-state index in [-0.39, 0.29) is 6.04 Å². The lowest BCUT2D eigenvalue weighted by atomic mass is 10.2. The number of para-hydroxylation sites is 1. The molecule has 1 aliphatic carbocycles. The highest BCUT2D eigenvalue weighted by Crippen LogP contribution is 2.18. The van der Waals surface area contributed by atoms with Crippen molar-refractivity contribution < 1.29 is 14.3 Å². The number of benzene rings is 2. The van der Waals surface area contributed by atoms with Crippen LogP contribution in [-0.2, 0) is 16.2 Å². The maximum absolute atomic E-state index is 11.8. The van der Waals surface area contributed by atoms with Crippen molar-refractivity contribution in [3.05, 3.63) is 65.7 Å². The fraction of sp³-hybridized carbons (Fsp3) is 0.286. The summed E-state index contributed by atoms with van der Waals surface area (Å²) in [4.78, 5) is 23.7. The Bertz CT molecular complexity index is 799. The van der Waals surface area contributed by atoms with Crippen molar-refractivity contribution >= 4 is 18.0 Å². The van der Waals surface area contributed by atoms with E-state index < -0.39 is 11.8 Å². The summed E-state index contributed by atoms with van der Waals surface area (Å²) in [6.07, 6.45) is 5.50. The smallest absolute Gasteiger partial charge is 0.329 e. The third-order valence-electron chi connectivity index (χ3n) is 4.42. The monoisotopic (exact) mass is 365 g/mol. The van der Waals surface area contributed by atoms with E-state index in [4.69, 9.17) is 4.74 Å². The molecule has 3 rings (SSSR count). The SMILES string of the molecule is O=C(N/N=C\c1ccccc1OCc1ccccc1)C(=O)NC1CCCC1. The molecule has 2 amide bonds. The minimum atomic E-state index is -0.763. The molecular formula is C21H23N3O3. The number of carbonyl (C=O) groups is 2. The van der Waals surface area contributed by atoms with Crippen LogP contribution in [0.4, 0.5) is 0 Å². The summed E-state index contributed by atoms with van der Waals surface area (Å²) in [5.74, 6) is -0.761. The summed E-state index contributed by atoms with van der Waals surface area (Å²) in [5, 5.41) is 6.62. The molecule has 0 bridgehead atoms. The second kappa shape index (κ2) is 9.52. The van der Waals surface area contributed by atoms with Crippen LogP contribution in [-0.4, -0.2) is 24.1 Å². The maximum atomic E-state index is 11.8. The summed E-state index contributed by atoms with van der Waals surface area (Å²) in [7, 11) is 0. The Balaban J connectivity index is 1.53. The third kappa shape index (κ3) is 5.67. The lowest BCUT2D eigenvalue weighted by molar-refractivity contribution is -0.139. The molecule has 0 atom stereocenters.